The number of rotatable bonds is 10. The largest absolute Gasteiger partial charge is 0.489 e. The second-order valence-corrected chi connectivity index (χ2v) is 10.8. The first-order valence-corrected chi connectivity index (χ1v) is 14.5. The topological polar surface area (TPSA) is 73.1 Å². The highest BCUT2D eigenvalue weighted by Crippen LogP contribution is 2.31. The molecule has 0 saturated carbocycles. The van der Waals surface area contributed by atoms with Crippen LogP contribution in [0.3, 0.4) is 0 Å². The van der Waals surface area contributed by atoms with E-state index in [-0.39, 0.29) is 11.5 Å². The number of methoxy groups -OCH3 is 1. The van der Waals surface area contributed by atoms with Crippen molar-refractivity contribution in [3.8, 4) is 16.9 Å². The summed E-state index contributed by atoms with van der Waals surface area (Å²) in [5.41, 5.74) is 4.01. The molecular weight excluding hydrogens is 546 g/mol. The van der Waals surface area contributed by atoms with E-state index in [0.29, 0.717) is 54.3 Å². The summed E-state index contributed by atoms with van der Waals surface area (Å²) in [6, 6.07) is 26.8. The first kappa shape index (κ1) is 27.4. The zero-order valence-corrected chi connectivity index (χ0v) is 23.9. The van der Waals surface area contributed by atoms with E-state index in [2.05, 4.69) is 4.98 Å². The summed E-state index contributed by atoms with van der Waals surface area (Å²) in [6.45, 7) is 1.58. The fourth-order valence-corrected chi connectivity index (χ4v) is 5.93. The van der Waals surface area contributed by atoms with Crippen LogP contribution >= 0.6 is 11.3 Å². The van der Waals surface area contributed by atoms with E-state index in [1.54, 1.807) is 41.1 Å². The quantitative estimate of drug-likeness (QED) is 0.188. The van der Waals surface area contributed by atoms with Crippen molar-refractivity contribution in [3.05, 3.63) is 136 Å². The van der Waals surface area contributed by atoms with Crippen molar-refractivity contribution in [1.29, 1.82) is 0 Å². The van der Waals surface area contributed by atoms with Crippen LogP contribution < -0.4 is 10.3 Å². The van der Waals surface area contributed by atoms with Crippen molar-refractivity contribution in [2.75, 3.05) is 20.3 Å². The predicted molar refractivity (Wildman–Crippen MR) is 166 cm³/mol. The summed E-state index contributed by atoms with van der Waals surface area (Å²) in [5, 5.41) is 2.96. The molecular formula is C34H29N3O4S. The summed E-state index contributed by atoms with van der Waals surface area (Å²) < 4.78 is 13.8. The van der Waals surface area contributed by atoms with Gasteiger partial charge in [0.25, 0.3) is 11.5 Å². The Labute approximate surface area is 247 Å². The molecule has 0 saturated heterocycles. The molecule has 0 radical (unpaired) electrons. The van der Waals surface area contributed by atoms with Crippen molar-refractivity contribution >= 4 is 32.8 Å². The number of benzene rings is 2. The molecule has 6 rings (SSSR count). The van der Waals surface area contributed by atoms with Crippen molar-refractivity contribution < 1.29 is 14.3 Å². The minimum atomic E-state index is -0.189. The van der Waals surface area contributed by atoms with Gasteiger partial charge in [0.05, 0.1) is 22.4 Å². The highest BCUT2D eigenvalue weighted by Gasteiger charge is 2.23. The Kier molecular flexibility index (Phi) is 8.07. The number of carbonyl (C=O) groups excluding carboxylic acids is 1. The predicted octanol–water partition coefficient (Wildman–Crippen LogP) is 6.44. The van der Waals surface area contributed by atoms with E-state index in [1.807, 2.05) is 84.2 Å². The van der Waals surface area contributed by atoms with Crippen LogP contribution in [0.5, 0.6) is 5.75 Å². The van der Waals surface area contributed by atoms with Crippen molar-refractivity contribution in [3.63, 3.8) is 0 Å². The number of thiophene rings is 1. The second-order valence-electron chi connectivity index (χ2n) is 9.90. The van der Waals surface area contributed by atoms with Gasteiger partial charge in [0, 0.05) is 44.4 Å². The van der Waals surface area contributed by atoms with Gasteiger partial charge in [-0.05, 0) is 63.9 Å². The highest BCUT2D eigenvalue weighted by molar-refractivity contribution is 7.18. The Bertz CT molecular complexity index is 1880. The average Bonchev–Trinajstić information content (AvgIpc) is 3.53. The first-order chi connectivity index (χ1) is 20.6. The lowest BCUT2D eigenvalue weighted by molar-refractivity contribution is 0.0682. The van der Waals surface area contributed by atoms with Gasteiger partial charge in [0.2, 0.25) is 0 Å². The zero-order valence-electron chi connectivity index (χ0n) is 23.1. The van der Waals surface area contributed by atoms with Crippen molar-refractivity contribution in [2.24, 2.45) is 0 Å². The maximum Gasteiger partial charge on any atom is 0.263 e. The van der Waals surface area contributed by atoms with Crippen LogP contribution in [0, 0.1) is 0 Å². The number of hydrogen-bond acceptors (Lipinski definition) is 6. The lowest BCUT2D eigenvalue weighted by Gasteiger charge is -2.24. The molecule has 0 aliphatic heterocycles. The molecule has 4 aromatic heterocycles. The molecule has 0 fully saturated rings. The van der Waals surface area contributed by atoms with E-state index < -0.39 is 0 Å². The Morgan fingerprint density at radius 2 is 1.79 bits per heavy atom. The second kappa shape index (κ2) is 12.4. The number of ether oxygens (including phenoxy) is 2. The van der Waals surface area contributed by atoms with Crippen LogP contribution in [0.1, 0.15) is 21.5 Å². The number of fused-ring (bicyclic) bond motifs is 3. The molecule has 0 N–H and O–H groups in total. The standard InChI is InChI=1S/C34H29N3O4S/c1-40-18-17-36(22-25-8-5-15-35-21-25)33(38)30-20-29(34(39)37-16-13-27-14-19-42-32(27)31(30)37)26-9-11-28(12-10-26)41-23-24-6-3-2-4-7-24/h2-16,19-21H,17-18,22-23H2,1H3. The summed E-state index contributed by atoms with van der Waals surface area (Å²) in [7, 11) is 1.62. The van der Waals surface area contributed by atoms with Crippen LogP contribution in [0.25, 0.3) is 26.7 Å². The normalized spacial score (nSPS) is 11.2. The lowest BCUT2D eigenvalue weighted by atomic mass is 10.0. The number of aromatic nitrogens is 2. The molecule has 7 nitrogen and oxygen atoms in total. The van der Waals surface area contributed by atoms with Gasteiger partial charge in [-0.2, -0.15) is 0 Å². The van der Waals surface area contributed by atoms with Crippen LogP contribution in [0.4, 0.5) is 0 Å². The van der Waals surface area contributed by atoms with Crippen LogP contribution in [0.2, 0.25) is 0 Å². The molecule has 1 amide bonds. The molecule has 0 bridgehead atoms. The minimum Gasteiger partial charge on any atom is -0.489 e. The van der Waals surface area contributed by atoms with Gasteiger partial charge in [0.15, 0.2) is 0 Å². The molecule has 8 heteroatoms. The van der Waals surface area contributed by atoms with Crippen molar-refractivity contribution in [2.45, 2.75) is 13.2 Å². The third kappa shape index (κ3) is 5.68. The fraction of sp³-hybridized carbons (Fsp3) is 0.147. The molecule has 0 atom stereocenters. The molecule has 4 heterocycles. The Morgan fingerprint density at radius 1 is 0.976 bits per heavy atom. The van der Waals surface area contributed by atoms with E-state index in [4.69, 9.17) is 9.47 Å². The lowest BCUT2D eigenvalue weighted by Crippen LogP contribution is -2.34. The maximum absolute atomic E-state index is 14.3. The molecule has 210 valence electrons. The van der Waals surface area contributed by atoms with E-state index in [9.17, 15) is 9.59 Å². The first-order valence-electron chi connectivity index (χ1n) is 13.6. The SMILES string of the molecule is COCCN(Cc1cccnc1)C(=O)c1cc(-c2ccc(OCc3ccccc3)cc2)c(=O)n2ccc3ccsc3c12. The Balaban J connectivity index is 1.42. The van der Waals surface area contributed by atoms with Gasteiger partial charge in [-0.1, -0.05) is 48.5 Å². The van der Waals surface area contributed by atoms with E-state index >= 15 is 0 Å². The monoisotopic (exact) mass is 575 g/mol. The number of hydrogen-bond donors (Lipinski definition) is 0. The van der Waals surface area contributed by atoms with Gasteiger partial charge in [0.1, 0.15) is 12.4 Å². The summed E-state index contributed by atoms with van der Waals surface area (Å²) >= 11 is 1.52. The summed E-state index contributed by atoms with van der Waals surface area (Å²) in [5.74, 6) is 0.515. The zero-order chi connectivity index (χ0) is 28.9. The number of pyridine rings is 3. The summed E-state index contributed by atoms with van der Waals surface area (Å²) in [4.78, 5) is 34.2. The van der Waals surface area contributed by atoms with Gasteiger partial charge in [-0.3, -0.25) is 19.0 Å². The van der Waals surface area contributed by atoms with Gasteiger partial charge in [-0.15, -0.1) is 11.3 Å². The fourth-order valence-electron chi connectivity index (χ4n) is 4.98. The third-order valence-corrected chi connectivity index (χ3v) is 8.08. The van der Waals surface area contributed by atoms with Gasteiger partial charge < -0.3 is 14.4 Å². The molecule has 42 heavy (non-hydrogen) atoms. The number of nitrogens with zero attached hydrogens (tertiary/aromatic N) is 3. The molecule has 0 aliphatic carbocycles. The Hall–Kier alpha value is -4.79. The smallest absolute Gasteiger partial charge is 0.263 e. The van der Waals surface area contributed by atoms with E-state index in [0.717, 1.165) is 21.2 Å². The van der Waals surface area contributed by atoms with Crippen LogP contribution in [-0.2, 0) is 17.9 Å². The Morgan fingerprint density at radius 3 is 2.55 bits per heavy atom. The van der Waals surface area contributed by atoms with Gasteiger partial charge in [-0.25, -0.2) is 0 Å². The molecule has 0 unspecified atom stereocenters. The molecule has 0 spiro atoms. The maximum atomic E-state index is 14.3. The van der Waals surface area contributed by atoms with Crippen LogP contribution in [-0.4, -0.2) is 40.5 Å². The highest BCUT2D eigenvalue weighted by atomic mass is 32.1. The van der Waals surface area contributed by atoms with Gasteiger partial charge >= 0.3 is 0 Å². The molecule has 2 aromatic carbocycles. The number of carbonyl (C=O) groups is 1. The van der Waals surface area contributed by atoms with Crippen LogP contribution in [0.15, 0.2) is 114 Å². The number of amides is 1. The molecule has 0 aliphatic rings. The molecule has 6 aromatic rings. The van der Waals surface area contributed by atoms with Crippen molar-refractivity contribution in [1.82, 2.24) is 14.3 Å². The van der Waals surface area contributed by atoms with E-state index in [1.165, 1.54) is 11.3 Å². The third-order valence-electron chi connectivity index (χ3n) is 7.14. The minimum absolute atomic E-state index is 0.182. The summed E-state index contributed by atoms with van der Waals surface area (Å²) in [6.07, 6.45) is 5.22. The average molecular weight is 576 g/mol.